The van der Waals surface area contributed by atoms with Gasteiger partial charge in [0.1, 0.15) is 6.10 Å². The SMILES string of the molecule is c1csc(CNCC2OCCc3cn(CC4CCOCC4)nc32)c1. The van der Waals surface area contributed by atoms with Gasteiger partial charge in [-0.1, -0.05) is 6.07 Å². The Balaban J connectivity index is 1.36. The van der Waals surface area contributed by atoms with E-state index in [9.17, 15) is 0 Å². The van der Waals surface area contributed by atoms with Crippen LogP contribution in [-0.4, -0.2) is 36.1 Å². The fourth-order valence-corrected chi connectivity index (χ4v) is 4.19. The largest absolute Gasteiger partial charge is 0.381 e. The lowest BCUT2D eigenvalue weighted by Crippen LogP contribution is -2.27. The Kier molecular flexibility index (Phi) is 5.27. The first kappa shape index (κ1) is 16.3. The van der Waals surface area contributed by atoms with Gasteiger partial charge >= 0.3 is 0 Å². The van der Waals surface area contributed by atoms with Gasteiger partial charge in [0.25, 0.3) is 0 Å². The van der Waals surface area contributed by atoms with Crippen molar-refractivity contribution in [3.8, 4) is 0 Å². The molecular weight excluding hydrogens is 322 g/mol. The summed E-state index contributed by atoms with van der Waals surface area (Å²) in [7, 11) is 0. The van der Waals surface area contributed by atoms with Crippen LogP contribution in [0.25, 0.3) is 0 Å². The summed E-state index contributed by atoms with van der Waals surface area (Å²) < 4.78 is 13.6. The highest BCUT2D eigenvalue weighted by molar-refractivity contribution is 7.09. The summed E-state index contributed by atoms with van der Waals surface area (Å²) in [5.41, 5.74) is 2.49. The minimum Gasteiger partial charge on any atom is -0.381 e. The molecule has 2 aromatic rings. The molecule has 0 aromatic carbocycles. The second-order valence-electron chi connectivity index (χ2n) is 6.64. The number of nitrogens with one attached hydrogen (secondary N) is 1. The van der Waals surface area contributed by atoms with Gasteiger partial charge in [-0.2, -0.15) is 5.10 Å². The molecule has 4 heterocycles. The van der Waals surface area contributed by atoms with E-state index in [4.69, 9.17) is 14.6 Å². The van der Waals surface area contributed by atoms with Crippen molar-refractivity contribution in [2.24, 2.45) is 5.92 Å². The summed E-state index contributed by atoms with van der Waals surface area (Å²) in [6.07, 6.45) is 5.58. The maximum Gasteiger partial charge on any atom is 0.114 e. The van der Waals surface area contributed by atoms with Crippen molar-refractivity contribution in [1.29, 1.82) is 0 Å². The van der Waals surface area contributed by atoms with E-state index >= 15 is 0 Å². The molecule has 1 atom stereocenters. The average molecular weight is 347 g/mol. The molecule has 2 aliphatic heterocycles. The summed E-state index contributed by atoms with van der Waals surface area (Å²) in [5, 5.41) is 10.5. The number of nitrogens with zero attached hydrogens (tertiary/aromatic N) is 2. The number of rotatable bonds is 6. The molecular formula is C18H25N3O2S. The molecule has 4 rings (SSSR count). The van der Waals surface area contributed by atoms with Gasteiger partial charge < -0.3 is 14.8 Å². The molecule has 1 N–H and O–H groups in total. The third-order valence-electron chi connectivity index (χ3n) is 4.86. The zero-order valence-electron chi connectivity index (χ0n) is 13.9. The van der Waals surface area contributed by atoms with E-state index in [1.54, 1.807) is 11.3 Å². The molecule has 0 amide bonds. The molecule has 0 radical (unpaired) electrons. The van der Waals surface area contributed by atoms with Crippen molar-refractivity contribution in [2.45, 2.75) is 38.5 Å². The minimum absolute atomic E-state index is 0.0738. The molecule has 1 fully saturated rings. The van der Waals surface area contributed by atoms with E-state index in [0.717, 1.165) is 64.4 Å². The van der Waals surface area contributed by atoms with Crippen molar-refractivity contribution in [3.63, 3.8) is 0 Å². The first-order valence-electron chi connectivity index (χ1n) is 8.87. The monoisotopic (exact) mass is 347 g/mol. The molecule has 0 bridgehead atoms. The van der Waals surface area contributed by atoms with Crippen LogP contribution in [0.3, 0.4) is 0 Å². The lowest BCUT2D eigenvalue weighted by atomic mass is 10.0. The summed E-state index contributed by atoms with van der Waals surface area (Å²) in [6.45, 7) is 5.30. The first-order valence-corrected chi connectivity index (χ1v) is 9.75. The molecule has 0 spiro atoms. The first-order chi connectivity index (χ1) is 11.9. The van der Waals surface area contributed by atoms with E-state index in [2.05, 4.69) is 33.7 Å². The van der Waals surface area contributed by atoms with E-state index in [-0.39, 0.29) is 6.10 Å². The van der Waals surface area contributed by atoms with Gasteiger partial charge in [0.15, 0.2) is 0 Å². The highest BCUT2D eigenvalue weighted by Crippen LogP contribution is 2.26. The molecule has 1 saturated heterocycles. The van der Waals surface area contributed by atoms with Crippen LogP contribution in [-0.2, 0) is 29.0 Å². The topological polar surface area (TPSA) is 48.3 Å². The Hall–Kier alpha value is -1.21. The number of ether oxygens (including phenoxy) is 2. The number of aromatic nitrogens is 2. The second kappa shape index (κ2) is 7.78. The molecule has 2 aromatic heterocycles. The van der Waals surface area contributed by atoms with E-state index in [1.807, 2.05) is 0 Å². The lowest BCUT2D eigenvalue weighted by molar-refractivity contribution is 0.0388. The normalized spacial score (nSPS) is 21.8. The van der Waals surface area contributed by atoms with Gasteiger partial charge in [-0.15, -0.1) is 11.3 Å². The maximum absolute atomic E-state index is 5.97. The van der Waals surface area contributed by atoms with Crippen LogP contribution in [0.15, 0.2) is 23.7 Å². The zero-order valence-corrected chi connectivity index (χ0v) is 14.8. The molecule has 130 valence electrons. The van der Waals surface area contributed by atoms with Crippen molar-refractivity contribution >= 4 is 11.3 Å². The lowest BCUT2D eigenvalue weighted by Gasteiger charge is -2.22. The van der Waals surface area contributed by atoms with Crippen LogP contribution < -0.4 is 5.32 Å². The summed E-state index contributed by atoms with van der Waals surface area (Å²) in [4.78, 5) is 1.36. The van der Waals surface area contributed by atoms with Gasteiger partial charge in [-0.05, 0) is 42.2 Å². The van der Waals surface area contributed by atoms with Gasteiger partial charge in [-0.25, -0.2) is 0 Å². The Morgan fingerprint density at radius 3 is 3.04 bits per heavy atom. The number of hydrogen-bond acceptors (Lipinski definition) is 5. The third kappa shape index (κ3) is 3.88. The van der Waals surface area contributed by atoms with Crippen molar-refractivity contribution < 1.29 is 9.47 Å². The van der Waals surface area contributed by atoms with E-state index < -0.39 is 0 Å². The van der Waals surface area contributed by atoms with Crippen LogP contribution >= 0.6 is 11.3 Å². The van der Waals surface area contributed by atoms with Crippen LogP contribution in [0.2, 0.25) is 0 Å². The quantitative estimate of drug-likeness (QED) is 0.873. The van der Waals surface area contributed by atoms with Crippen LogP contribution in [0.1, 0.15) is 35.1 Å². The molecule has 0 saturated carbocycles. The highest BCUT2D eigenvalue weighted by Gasteiger charge is 2.25. The number of hydrogen-bond donors (Lipinski definition) is 1. The average Bonchev–Trinajstić information content (AvgIpc) is 3.25. The summed E-state index contributed by atoms with van der Waals surface area (Å²) in [6, 6.07) is 4.25. The second-order valence-corrected chi connectivity index (χ2v) is 7.67. The zero-order chi connectivity index (χ0) is 16.2. The van der Waals surface area contributed by atoms with Crippen LogP contribution in [0.5, 0.6) is 0 Å². The van der Waals surface area contributed by atoms with Gasteiger partial charge in [0, 0.05) is 43.9 Å². The molecule has 5 nitrogen and oxygen atoms in total. The standard InChI is InChI=1S/C18H25N3O2S/c1-2-16(24-9-1)10-19-11-17-18-15(5-8-23-17)13-21(20-18)12-14-3-6-22-7-4-14/h1-2,9,13-14,17,19H,3-8,10-12H2. The molecule has 24 heavy (non-hydrogen) atoms. The smallest absolute Gasteiger partial charge is 0.114 e. The molecule has 1 unspecified atom stereocenters. The van der Waals surface area contributed by atoms with Crippen LogP contribution in [0, 0.1) is 5.92 Å². The Morgan fingerprint density at radius 2 is 2.21 bits per heavy atom. The Morgan fingerprint density at radius 1 is 1.29 bits per heavy atom. The summed E-state index contributed by atoms with van der Waals surface area (Å²) in [5.74, 6) is 0.691. The van der Waals surface area contributed by atoms with Gasteiger partial charge in [0.2, 0.25) is 0 Å². The Bertz CT molecular complexity index is 635. The predicted octanol–water partition coefficient (Wildman–Crippen LogP) is 2.77. The number of fused-ring (bicyclic) bond motifs is 1. The summed E-state index contributed by atoms with van der Waals surface area (Å²) >= 11 is 1.79. The van der Waals surface area contributed by atoms with Crippen molar-refractivity contribution in [2.75, 3.05) is 26.4 Å². The number of thiophene rings is 1. The predicted molar refractivity (Wildman–Crippen MR) is 94.2 cm³/mol. The van der Waals surface area contributed by atoms with E-state index in [0.29, 0.717) is 5.92 Å². The maximum atomic E-state index is 5.97. The third-order valence-corrected chi connectivity index (χ3v) is 5.74. The van der Waals surface area contributed by atoms with Gasteiger partial charge in [-0.3, -0.25) is 4.68 Å². The van der Waals surface area contributed by atoms with Crippen molar-refractivity contribution in [3.05, 3.63) is 39.8 Å². The highest BCUT2D eigenvalue weighted by atomic mass is 32.1. The van der Waals surface area contributed by atoms with E-state index in [1.165, 1.54) is 10.4 Å². The molecule has 0 aliphatic carbocycles. The minimum atomic E-state index is 0.0738. The van der Waals surface area contributed by atoms with Gasteiger partial charge in [0.05, 0.1) is 12.3 Å². The fraction of sp³-hybridized carbons (Fsp3) is 0.611. The fourth-order valence-electron chi connectivity index (χ4n) is 3.51. The Labute approximate surface area is 147 Å². The van der Waals surface area contributed by atoms with Crippen LogP contribution in [0.4, 0.5) is 0 Å². The molecule has 6 heteroatoms. The molecule has 2 aliphatic rings. The van der Waals surface area contributed by atoms with Crippen molar-refractivity contribution in [1.82, 2.24) is 15.1 Å².